The normalized spacial score (nSPS) is 35.8. The van der Waals surface area contributed by atoms with Crippen molar-refractivity contribution >= 4 is 45.9 Å². The van der Waals surface area contributed by atoms with Crippen molar-refractivity contribution in [2.75, 3.05) is 27.9 Å². The maximum Gasteiger partial charge on any atom is 0.329 e. The first-order valence-electron chi connectivity index (χ1n) is 30.7. The van der Waals surface area contributed by atoms with Gasteiger partial charge in [-0.2, -0.15) is 0 Å². The molecule has 4 rings (SSSR count). The van der Waals surface area contributed by atoms with Gasteiger partial charge in [0.05, 0.1) is 30.5 Å². The second kappa shape index (κ2) is 32.2. The van der Waals surface area contributed by atoms with E-state index < -0.39 is 88.5 Å². The summed E-state index contributed by atoms with van der Waals surface area (Å²) in [6.07, 6.45) is 14.5. The maximum absolute atomic E-state index is 14.9. The van der Waals surface area contributed by atoms with Crippen LogP contribution in [0.25, 0.3) is 0 Å². The summed E-state index contributed by atoms with van der Waals surface area (Å²) in [5.74, 6) is -7.15. The third-order valence-corrected chi connectivity index (χ3v) is 28.4. The summed E-state index contributed by atoms with van der Waals surface area (Å²) in [4.78, 5) is 74.6. The molecule has 2 saturated heterocycles. The topological polar surface area (TPSA) is 173 Å². The first-order chi connectivity index (χ1) is 37.5. The second-order valence-electron chi connectivity index (χ2n) is 24.3. The van der Waals surface area contributed by atoms with Gasteiger partial charge in [0, 0.05) is 58.5 Å². The number of nitrogens with zero attached hydrogens (tertiary/aromatic N) is 1. The highest BCUT2D eigenvalue weighted by Crippen LogP contribution is 2.40. The van der Waals surface area contributed by atoms with Crippen LogP contribution in [0, 0.1) is 35.5 Å². The molecule has 15 atom stereocenters. The molecule has 0 unspecified atom stereocenters. The molecule has 0 radical (unpaired) electrons. The Bertz CT molecular complexity index is 2080. The first-order valence-corrected chi connectivity index (χ1v) is 35.7. The molecule has 1 aliphatic carbocycles. The fourth-order valence-electron chi connectivity index (χ4n) is 13.0. The number of cyclic esters (lactones) is 1. The second-order valence-corrected chi connectivity index (χ2v) is 33.7. The fourth-order valence-corrected chi connectivity index (χ4v) is 18.7. The number of carbonyl (C=O) groups is 5. The van der Waals surface area contributed by atoms with Crippen molar-refractivity contribution in [2.45, 2.75) is 258 Å². The van der Waals surface area contributed by atoms with Gasteiger partial charge in [-0.3, -0.25) is 19.2 Å². The Hall–Kier alpha value is -2.94. The number of Topliss-reactive ketones (excluding diaryl/α,β-unsaturated/α-hetero) is 3. The lowest BCUT2D eigenvalue weighted by atomic mass is 9.78. The maximum atomic E-state index is 14.9. The molecule has 3 heterocycles. The number of carbonyl (C=O) groups excluding carboxylic acids is 5. The van der Waals surface area contributed by atoms with E-state index in [1.807, 2.05) is 65.0 Å². The molecule has 3 aliphatic heterocycles. The van der Waals surface area contributed by atoms with Gasteiger partial charge in [0.15, 0.2) is 22.4 Å². The number of fused-ring (bicyclic) bond motifs is 3. The van der Waals surface area contributed by atoms with E-state index in [-0.39, 0.29) is 66.8 Å². The number of ether oxygens (including phenoxy) is 5. The van der Waals surface area contributed by atoms with Gasteiger partial charge in [-0.05, 0) is 143 Å². The van der Waals surface area contributed by atoms with Crippen LogP contribution in [0.15, 0.2) is 47.6 Å². The third-order valence-electron chi connectivity index (χ3n) is 19.1. The van der Waals surface area contributed by atoms with Gasteiger partial charge in [0.1, 0.15) is 24.0 Å². The summed E-state index contributed by atoms with van der Waals surface area (Å²) >= 11 is 0. The Morgan fingerprint density at radius 2 is 1.37 bits per heavy atom. The lowest BCUT2D eigenvalue weighted by Crippen LogP contribution is -2.61. The van der Waals surface area contributed by atoms with Crippen molar-refractivity contribution in [1.82, 2.24) is 4.90 Å². The molecule has 79 heavy (non-hydrogen) atoms. The summed E-state index contributed by atoms with van der Waals surface area (Å²) in [7, 11) is 0.662. The average Bonchev–Trinajstić information content (AvgIpc) is 3.45. The van der Waals surface area contributed by atoms with Crippen LogP contribution in [0.1, 0.15) is 167 Å². The number of ketones is 3. The number of esters is 1. The fraction of sp³-hybridized carbons (Fsp3) is 0.794. The zero-order valence-corrected chi connectivity index (χ0v) is 53.8. The number of amides is 1. The molecular weight excluding hydrogens is 1030 g/mol. The molecule has 2 bridgehead atoms. The molecule has 16 heteroatoms. The number of hydrogen-bond acceptors (Lipinski definition) is 13. The standard InChI is InChI=1S/C63H107NO13Si2/c1-17-78(18-2,19-3)76-53-34-32-49(39-56(53)72-15)38-45(10)55-41-52(65)44(9)37-47(12)58(77-79(20-4,21-5)22-6)59(73-16)57(66)46(11)36-42(7)28-24-23-25-29-43(8)54(71-14)40-50-33-31-48(13)63(70,75-50)60(67)61(68)64-35-27-26-30-51(64)62(69)74-55/h23-25,28-29,37,42,44-46,48-51,53-56,58-59,70H,17-22,26-27,30-36,38-41H2,1-16H3/b25-23+,28-24+,43-29+,47-37+/t42-,44-,45-,46-,48-,49+,50+,51+,53-,54+,55+,56-,58-,59+,63-/m1/s1. The van der Waals surface area contributed by atoms with Crippen molar-refractivity contribution in [2.24, 2.45) is 35.5 Å². The molecule has 4 aliphatic rings. The van der Waals surface area contributed by atoms with Gasteiger partial charge in [0.2, 0.25) is 5.79 Å². The average molecular weight is 1140 g/mol. The highest BCUT2D eigenvalue weighted by atomic mass is 28.4. The van der Waals surface area contributed by atoms with Gasteiger partial charge in [0.25, 0.3) is 11.7 Å². The highest BCUT2D eigenvalue weighted by molar-refractivity contribution is 6.74. The minimum absolute atomic E-state index is 0.00732. The number of methoxy groups -OCH3 is 3. The smallest absolute Gasteiger partial charge is 0.329 e. The van der Waals surface area contributed by atoms with E-state index in [1.165, 1.54) is 4.90 Å². The number of allylic oxidation sites excluding steroid dienone is 6. The summed E-state index contributed by atoms with van der Waals surface area (Å²) in [5, 5.41) is 12.1. The molecule has 0 aromatic carbocycles. The predicted molar refractivity (Wildman–Crippen MR) is 317 cm³/mol. The lowest BCUT2D eigenvalue weighted by molar-refractivity contribution is -0.265. The van der Waals surface area contributed by atoms with E-state index in [1.54, 1.807) is 28.3 Å². The van der Waals surface area contributed by atoms with Crippen LogP contribution >= 0.6 is 0 Å². The zero-order chi connectivity index (χ0) is 58.8. The van der Waals surface area contributed by atoms with Crippen LogP contribution in [0.3, 0.4) is 0 Å². The van der Waals surface area contributed by atoms with E-state index in [0.717, 1.165) is 66.7 Å². The van der Waals surface area contributed by atoms with Gasteiger partial charge >= 0.3 is 5.97 Å². The Morgan fingerprint density at radius 3 is 1.97 bits per heavy atom. The number of aliphatic hydroxyl groups is 1. The Labute approximate surface area is 479 Å². The van der Waals surface area contributed by atoms with Gasteiger partial charge in [-0.15, -0.1) is 0 Å². The van der Waals surface area contributed by atoms with E-state index in [0.29, 0.717) is 44.9 Å². The molecule has 14 nitrogen and oxygen atoms in total. The van der Waals surface area contributed by atoms with Gasteiger partial charge in [-0.25, -0.2) is 4.79 Å². The number of rotatable bonds is 16. The van der Waals surface area contributed by atoms with E-state index in [9.17, 15) is 29.1 Å². The molecule has 0 spiro atoms. The quantitative estimate of drug-likeness (QED) is 0.0670. The summed E-state index contributed by atoms with van der Waals surface area (Å²) in [6.45, 7) is 26.8. The van der Waals surface area contributed by atoms with E-state index in [4.69, 9.17) is 32.5 Å². The minimum Gasteiger partial charge on any atom is -0.460 e. The Balaban J connectivity index is 1.80. The van der Waals surface area contributed by atoms with Crippen LogP contribution in [-0.4, -0.2) is 138 Å². The molecule has 0 aromatic rings. The molecule has 1 amide bonds. The summed E-state index contributed by atoms with van der Waals surface area (Å²) in [5.41, 5.74) is 1.64. The van der Waals surface area contributed by atoms with Crippen molar-refractivity contribution in [3.8, 4) is 0 Å². The Kier molecular flexibility index (Phi) is 28.0. The molecular formula is C63H107NO13Si2. The van der Waals surface area contributed by atoms with Crippen LogP contribution in [0.4, 0.5) is 0 Å². The van der Waals surface area contributed by atoms with Crippen LogP contribution in [0.2, 0.25) is 36.3 Å². The SMILES string of the molecule is CC[Si](CC)(CC)O[C@@H]1/C(C)=C/[C@@H](C)C(=O)C[C@@H]([C@H](C)C[C@@H]2CC[C@@H](O[Si](CC)(CC)CC)[C@H](OC)C2)OC(=O)[C@@H]2CCCCN2C(=O)C(=O)[C@]2(O)O[C@@H](CC[C@H]2C)C[C@H](OC)/C(C)=C/C=C/C=C/[C@@H](C)C[C@@H](C)C(=O)[C@@H]1OC. The van der Waals surface area contributed by atoms with E-state index in [2.05, 4.69) is 54.5 Å². The van der Waals surface area contributed by atoms with Crippen molar-refractivity contribution in [3.05, 3.63) is 47.6 Å². The van der Waals surface area contributed by atoms with Crippen LogP contribution in [0.5, 0.6) is 0 Å². The van der Waals surface area contributed by atoms with Gasteiger partial charge < -0.3 is 42.5 Å². The minimum atomic E-state index is -2.42. The van der Waals surface area contributed by atoms with E-state index >= 15 is 0 Å². The number of piperidine rings is 1. The van der Waals surface area contributed by atoms with Crippen LogP contribution < -0.4 is 0 Å². The van der Waals surface area contributed by atoms with Crippen molar-refractivity contribution in [1.29, 1.82) is 0 Å². The largest absolute Gasteiger partial charge is 0.460 e. The van der Waals surface area contributed by atoms with Crippen molar-refractivity contribution < 1.29 is 61.6 Å². The van der Waals surface area contributed by atoms with Crippen molar-refractivity contribution in [3.63, 3.8) is 0 Å². The number of hydrogen-bond donors (Lipinski definition) is 1. The molecule has 450 valence electrons. The third kappa shape index (κ3) is 18.0. The predicted octanol–water partition coefficient (Wildman–Crippen LogP) is 12.2. The summed E-state index contributed by atoms with van der Waals surface area (Å²) in [6, 6.07) is 4.59. The molecule has 1 N–H and O–H groups in total. The molecule has 1 saturated carbocycles. The summed E-state index contributed by atoms with van der Waals surface area (Å²) < 4.78 is 45.2. The zero-order valence-electron chi connectivity index (χ0n) is 51.8. The molecule has 3 fully saturated rings. The first kappa shape index (κ1) is 68.6. The highest BCUT2D eigenvalue weighted by Gasteiger charge is 2.53. The van der Waals surface area contributed by atoms with Crippen LogP contribution in [-0.2, 0) is 56.5 Å². The monoisotopic (exact) mass is 1140 g/mol. The Morgan fingerprint density at radius 1 is 0.722 bits per heavy atom. The van der Waals surface area contributed by atoms with Gasteiger partial charge in [-0.1, -0.05) is 113 Å². The lowest BCUT2D eigenvalue weighted by Gasteiger charge is -2.43. The molecule has 0 aromatic heterocycles.